The summed E-state index contributed by atoms with van der Waals surface area (Å²) in [4.78, 5) is 13.5. The molecule has 0 radical (unpaired) electrons. The van der Waals surface area contributed by atoms with Gasteiger partial charge in [0.1, 0.15) is 0 Å². The van der Waals surface area contributed by atoms with Crippen LogP contribution < -0.4 is 5.73 Å². The van der Waals surface area contributed by atoms with Gasteiger partial charge in [-0.2, -0.15) is 0 Å². The Hall–Kier alpha value is -1.39. The van der Waals surface area contributed by atoms with E-state index in [2.05, 4.69) is 4.90 Å². The van der Waals surface area contributed by atoms with Gasteiger partial charge < -0.3 is 10.8 Å². The van der Waals surface area contributed by atoms with Crippen molar-refractivity contribution >= 4 is 5.91 Å². The zero-order valence-electron chi connectivity index (χ0n) is 11.2. The first-order valence-corrected chi connectivity index (χ1v) is 6.94. The lowest BCUT2D eigenvalue weighted by atomic mass is 9.98. The molecule has 104 valence electrons. The van der Waals surface area contributed by atoms with Crippen LogP contribution in [0.3, 0.4) is 0 Å². The first kappa shape index (κ1) is 14.0. The standard InChI is InChI=1S/C15H22N2O2/c16-15(19)13-6-4-12(5-7-13)11-17-9-2-1-3-14(17)8-10-18/h4-7,14,18H,1-3,8-11H2,(H2,16,19). The molecule has 1 atom stereocenters. The maximum absolute atomic E-state index is 11.0. The van der Waals surface area contributed by atoms with Gasteiger partial charge in [-0.15, -0.1) is 0 Å². The fourth-order valence-electron chi connectivity index (χ4n) is 2.75. The summed E-state index contributed by atoms with van der Waals surface area (Å²) in [6.07, 6.45) is 4.49. The Bertz CT molecular complexity index is 415. The predicted octanol–water partition coefficient (Wildman–Crippen LogP) is 1.52. The molecular formula is C15H22N2O2. The molecule has 1 fully saturated rings. The Labute approximate surface area is 114 Å². The molecule has 19 heavy (non-hydrogen) atoms. The first-order chi connectivity index (χ1) is 9.20. The molecule has 1 aromatic carbocycles. The Morgan fingerprint density at radius 1 is 1.32 bits per heavy atom. The lowest BCUT2D eigenvalue weighted by Gasteiger charge is -2.35. The van der Waals surface area contributed by atoms with Crippen molar-refractivity contribution in [3.05, 3.63) is 35.4 Å². The number of rotatable bonds is 5. The molecule has 0 aromatic heterocycles. The van der Waals surface area contributed by atoms with Crippen LogP contribution in [0, 0.1) is 0 Å². The third-order valence-electron chi connectivity index (χ3n) is 3.84. The van der Waals surface area contributed by atoms with Crippen molar-refractivity contribution in [2.75, 3.05) is 13.2 Å². The van der Waals surface area contributed by atoms with E-state index in [1.165, 1.54) is 24.8 Å². The van der Waals surface area contributed by atoms with Crippen molar-refractivity contribution in [3.63, 3.8) is 0 Å². The van der Waals surface area contributed by atoms with E-state index in [1.807, 2.05) is 12.1 Å². The highest BCUT2D eigenvalue weighted by Crippen LogP contribution is 2.21. The van der Waals surface area contributed by atoms with E-state index in [4.69, 9.17) is 10.8 Å². The molecule has 1 amide bonds. The van der Waals surface area contributed by atoms with Crippen LogP contribution >= 0.6 is 0 Å². The van der Waals surface area contributed by atoms with Crippen LogP contribution in [0.2, 0.25) is 0 Å². The molecule has 1 aromatic rings. The van der Waals surface area contributed by atoms with Crippen molar-refractivity contribution < 1.29 is 9.90 Å². The first-order valence-electron chi connectivity index (χ1n) is 6.94. The van der Waals surface area contributed by atoms with Gasteiger partial charge in [0.15, 0.2) is 0 Å². The predicted molar refractivity (Wildman–Crippen MR) is 74.7 cm³/mol. The van der Waals surface area contributed by atoms with Crippen LogP contribution in [-0.4, -0.2) is 35.1 Å². The molecule has 1 aliphatic heterocycles. The topological polar surface area (TPSA) is 66.6 Å². The van der Waals surface area contributed by atoms with Gasteiger partial charge in [0, 0.05) is 24.8 Å². The zero-order chi connectivity index (χ0) is 13.7. The minimum atomic E-state index is -0.386. The molecule has 0 aliphatic carbocycles. The second kappa shape index (κ2) is 6.68. The smallest absolute Gasteiger partial charge is 0.248 e. The molecule has 1 unspecified atom stereocenters. The fourth-order valence-corrected chi connectivity index (χ4v) is 2.75. The van der Waals surface area contributed by atoms with Crippen LogP contribution in [0.5, 0.6) is 0 Å². The largest absolute Gasteiger partial charge is 0.396 e. The van der Waals surface area contributed by atoms with E-state index < -0.39 is 0 Å². The van der Waals surface area contributed by atoms with Gasteiger partial charge in [0.25, 0.3) is 0 Å². The highest BCUT2D eigenvalue weighted by Gasteiger charge is 2.21. The number of nitrogens with zero attached hydrogens (tertiary/aromatic N) is 1. The van der Waals surface area contributed by atoms with Gasteiger partial charge in [-0.3, -0.25) is 9.69 Å². The van der Waals surface area contributed by atoms with Crippen LogP contribution in [0.1, 0.15) is 41.6 Å². The van der Waals surface area contributed by atoms with E-state index >= 15 is 0 Å². The number of hydrogen-bond acceptors (Lipinski definition) is 3. The lowest BCUT2D eigenvalue weighted by molar-refractivity contribution is 0.1000. The molecule has 1 heterocycles. The van der Waals surface area contributed by atoms with E-state index in [0.29, 0.717) is 11.6 Å². The Morgan fingerprint density at radius 3 is 2.68 bits per heavy atom. The number of aliphatic hydroxyl groups is 1. The van der Waals surface area contributed by atoms with E-state index in [1.54, 1.807) is 12.1 Å². The maximum atomic E-state index is 11.0. The second-order valence-corrected chi connectivity index (χ2v) is 5.19. The van der Waals surface area contributed by atoms with Crippen molar-refractivity contribution in [2.24, 2.45) is 5.73 Å². The number of carbonyl (C=O) groups excluding carboxylic acids is 1. The number of benzene rings is 1. The SMILES string of the molecule is NC(=O)c1ccc(CN2CCCCC2CCO)cc1. The molecular weight excluding hydrogens is 240 g/mol. The summed E-state index contributed by atoms with van der Waals surface area (Å²) in [5.74, 6) is -0.386. The van der Waals surface area contributed by atoms with Gasteiger partial charge in [-0.25, -0.2) is 0 Å². The van der Waals surface area contributed by atoms with Gasteiger partial charge in [-0.1, -0.05) is 18.6 Å². The second-order valence-electron chi connectivity index (χ2n) is 5.19. The third-order valence-corrected chi connectivity index (χ3v) is 3.84. The summed E-state index contributed by atoms with van der Waals surface area (Å²) in [5, 5.41) is 9.12. The average molecular weight is 262 g/mol. The summed E-state index contributed by atoms with van der Waals surface area (Å²) in [6, 6.07) is 7.97. The van der Waals surface area contributed by atoms with E-state index in [9.17, 15) is 4.79 Å². The molecule has 4 heteroatoms. The quantitative estimate of drug-likeness (QED) is 0.845. The van der Waals surface area contributed by atoms with Crippen molar-refractivity contribution in [2.45, 2.75) is 38.3 Å². The highest BCUT2D eigenvalue weighted by molar-refractivity contribution is 5.92. The zero-order valence-corrected chi connectivity index (χ0v) is 11.2. The molecule has 0 bridgehead atoms. The normalized spacial score (nSPS) is 20.4. The summed E-state index contributed by atoms with van der Waals surface area (Å²) >= 11 is 0. The number of likely N-dealkylation sites (tertiary alicyclic amines) is 1. The summed E-state index contributed by atoms with van der Waals surface area (Å²) in [7, 11) is 0. The molecule has 0 saturated carbocycles. The maximum Gasteiger partial charge on any atom is 0.248 e. The minimum absolute atomic E-state index is 0.252. The van der Waals surface area contributed by atoms with Gasteiger partial charge in [0.05, 0.1) is 0 Å². The molecule has 1 aliphatic rings. The van der Waals surface area contributed by atoms with Crippen molar-refractivity contribution in [1.29, 1.82) is 0 Å². The van der Waals surface area contributed by atoms with Crippen LogP contribution in [0.15, 0.2) is 24.3 Å². The van der Waals surface area contributed by atoms with Crippen LogP contribution in [0.4, 0.5) is 0 Å². The van der Waals surface area contributed by atoms with Crippen molar-refractivity contribution in [3.8, 4) is 0 Å². The number of amides is 1. The van der Waals surface area contributed by atoms with Crippen LogP contribution in [0.25, 0.3) is 0 Å². The van der Waals surface area contributed by atoms with E-state index in [0.717, 1.165) is 19.5 Å². The van der Waals surface area contributed by atoms with E-state index in [-0.39, 0.29) is 12.5 Å². The summed E-state index contributed by atoms with van der Waals surface area (Å²) in [5.41, 5.74) is 6.97. The van der Waals surface area contributed by atoms with Gasteiger partial charge in [0.2, 0.25) is 5.91 Å². The number of aliphatic hydroxyl groups excluding tert-OH is 1. The monoisotopic (exact) mass is 262 g/mol. The molecule has 3 N–H and O–H groups in total. The number of carbonyl (C=O) groups is 1. The Morgan fingerprint density at radius 2 is 2.05 bits per heavy atom. The molecule has 0 spiro atoms. The molecule has 2 rings (SSSR count). The summed E-state index contributed by atoms with van der Waals surface area (Å²) < 4.78 is 0. The minimum Gasteiger partial charge on any atom is -0.396 e. The highest BCUT2D eigenvalue weighted by atomic mass is 16.3. The number of primary amides is 1. The van der Waals surface area contributed by atoms with Gasteiger partial charge in [-0.05, 0) is 43.5 Å². The summed E-state index contributed by atoms with van der Waals surface area (Å²) in [6.45, 7) is 2.22. The van der Waals surface area contributed by atoms with Crippen LogP contribution in [-0.2, 0) is 6.54 Å². The van der Waals surface area contributed by atoms with Gasteiger partial charge >= 0.3 is 0 Å². The lowest BCUT2D eigenvalue weighted by Crippen LogP contribution is -2.39. The third kappa shape index (κ3) is 3.78. The molecule has 4 nitrogen and oxygen atoms in total. The Kier molecular flexibility index (Phi) is 4.93. The average Bonchev–Trinajstić information content (AvgIpc) is 2.42. The Balaban J connectivity index is 2.00. The van der Waals surface area contributed by atoms with Crippen molar-refractivity contribution in [1.82, 2.24) is 4.90 Å². The number of piperidine rings is 1. The molecule has 1 saturated heterocycles. The number of nitrogens with two attached hydrogens (primary N) is 1. The fraction of sp³-hybridized carbons (Fsp3) is 0.533. The number of hydrogen-bond donors (Lipinski definition) is 2.